The molecule has 0 radical (unpaired) electrons. The van der Waals surface area contributed by atoms with E-state index in [1.165, 1.54) is 0 Å². The number of aliphatic hydroxyl groups excluding tert-OH is 1. The minimum atomic E-state index is -2.54. The average molecular weight is 273 g/mol. The van der Waals surface area contributed by atoms with E-state index >= 15 is 0 Å². The fourth-order valence-corrected chi connectivity index (χ4v) is 2.73. The van der Waals surface area contributed by atoms with Gasteiger partial charge in [-0.05, 0) is 33.6 Å². The number of halogens is 2. The van der Waals surface area contributed by atoms with Gasteiger partial charge in [0.25, 0.3) is 0 Å². The Morgan fingerprint density at radius 1 is 1.26 bits per heavy atom. The topological polar surface area (TPSA) is 50.9 Å². The van der Waals surface area contributed by atoms with Crippen LogP contribution in [0.5, 0.6) is 0 Å². The summed E-state index contributed by atoms with van der Waals surface area (Å²) in [5.74, 6) is -1.30. The Kier molecular flexibility index (Phi) is 3.64. The third-order valence-corrected chi connectivity index (χ3v) is 3.65. The predicted octanol–water partition coefficient (Wildman–Crippen LogP) is 2.82. The summed E-state index contributed by atoms with van der Waals surface area (Å²) in [7, 11) is 0. The second-order valence-corrected chi connectivity index (χ2v) is 6.27. The molecule has 0 spiro atoms. The third kappa shape index (κ3) is 2.94. The van der Waals surface area contributed by atoms with Gasteiger partial charge in [0.15, 0.2) is 5.82 Å². The molecule has 4 nitrogen and oxygen atoms in total. The lowest BCUT2D eigenvalue weighted by Gasteiger charge is -2.31. The Morgan fingerprint density at radius 2 is 1.84 bits per heavy atom. The summed E-state index contributed by atoms with van der Waals surface area (Å²) in [6, 6.07) is 0. The van der Waals surface area contributed by atoms with Crippen molar-refractivity contribution in [1.82, 2.24) is 14.8 Å². The maximum Gasteiger partial charge on any atom is 0.248 e. The minimum absolute atomic E-state index is 0.00616. The van der Waals surface area contributed by atoms with Crippen molar-refractivity contribution >= 4 is 0 Å². The molecule has 1 aromatic heterocycles. The highest BCUT2D eigenvalue weighted by atomic mass is 19.3. The van der Waals surface area contributed by atoms with Crippen molar-refractivity contribution in [3.05, 3.63) is 11.6 Å². The number of alkyl halides is 2. The van der Waals surface area contributed by atoms with Gasteiger partial charge in [-0.15, -0.1) is 10.2 Å². The smallest absolute Gasteiger partial charge is 0.248 e. The van der Waals surface area contributed by atoms with Gasteiger partial charge in [0.1, 0.15) is 12.4 Å². The fourth-order valence-electron chi connectivity index (χ4n) is 2.73. The molecule has 108 valence electrons. The van der Waals surface area contributed by atoms with Gasteiger partial charge in [0.2, 0.25) is 5.92 Å². The molecule has 1 aliphatic carbocycles. The summed E-state index contributed by atoms with van der Waals surface area (Å²) < 4.78 is 28.3. The lowest BCUT2D eigenvalue weighted by Crippen LogP contribution is -2.30. The zero-order chi connectivity index (χ0) is 14.3. The zero-order valence-electron chi connectivity index (χ0n) is 11.7. The van der Waals surface area contributed by atoms with Crippen LogP contribution in [0.4, 0.5) is 8.78 Å². The van der Waals surface area contributed by atoms with Crippen molar-refractivity contribution < 1.29 is 13.9 Å². The van der Waals surface area contributed by atoms with Crippen LogP contribution in [-0.2, 0) is 12.1 Å². The molecule has 0 aromatic carbocycles. The van der Waals surface area contributed by atoms with E-state index in [1.807, 2.05) is 25.3 Å². The van der Waals surface area contributed by atoms with E-state index in [2.05, 4.69) is 10.2 Å². The van der Waals surface area contributed by atoms with Crippen molar-refractivity contribution in [2.75, 3.05) is 0 Å². The van der Waals surface area contributed by atoms with Gasteiger partial charge >= 0.3 is 0 Å². The van der Waals surface area contributed by atoms with Crippen molar-refractivity contribution in [3.63, 3.8) is 0 Å². The normalized spacial score (nSPS) is 20.7. The quantitative estimate of drug-likeness (QED) is 0.901. The van der Waals surface area contributed by atoms with E-state index in [9.17, 15) is 13.9 Å². The van der Waals surface area contributed by atoms with E-state index in [-0.39, 0.29) is 30.9 Å². The molecule has 1 aliphatic rings. The number of hydrogen-bond acceptors (Lipinski definition) is 3. The van der Waals surface area contributed by atoms with Crippen LogP contribution in [0.1, 0.15) is 64.0 Å². The second-order valence-electron chi connectivity index (χ2n) is 6.27. The van der Waals surface area contributed by atoms with Crippen LogP contribution in [-0.4, -0.2) is 25.8 Å². The van der Waals surface area contributed by atoms with Crippen LogP contribution >= 0.6 is 0 Å². The van der Waals surface area contributed by atoms with E-state index in [4.69, 9.17) is 0 Å². The molecule has 0 aliphatic heterocycles. The SMILES string of the molecule is CC(C)(C)n1c(CO)nnc1C1CCC(F)(F)CC1. The summed E-state index contributed by atoms with van der Waals surface area (Å²) in [6.45, 7) is 5.80. The highest BCUT2D eigenvalue weighted by Crippen LogP contribution is 2.41. The van der Waals surface area contributed by atoms with Gasteiger partial charge in [0, 0.05) is 24.3 Å². The molecule has 1 fully saturated rings. The first-order valence-electron chi connectivity index (χ1n) is 6.68. The molecule has 0 atom stereocenters. The highest BCUT2D eigenvalue weighted by Gasteiger charge is 2.38. The highest BCUT2D eigenvalue weighted by molar-refractivity contribution is 5.07. The zero-order valence-corrected chi connectivity index (χ0v) is 11.7. The molecule has 6 heteroatoms. The Labute approximate surface area is 111 Å². The summed E-state index contributed by atoms with van der Waals surface area (Å²) in [6.07, 6.45) is 0.658. The van der Waals surface area contributed by atoms with Crippen LogP contribution in [0, 0.1) is 0 Å². The first kappa shape index (κ1) is 14.4. The van der Waals surface area contributed by atoms with Crippen LogP contribution in [0.15, 0.2) is 0 Å². The van der Waals surface area contributed by atoms with Crippen molar-refractivity contribution in [2.45, 2.75) is 70.4 Å². The summed E-state index contributed by atoms with van der Waals surface area (Å²) in [4.78, 5) is 0. The van der Waals surface area contributed by atoms with Crippen LogP contribution < -0.4 is 0 Å². The van der Waals surface area contributed by atoms with Gasteiger partial charge in [-0.3, -0.25) is 0 Å². The Balaban J connectivity index is 2.29. The van der Waals surface area contributed by atoms with E-state index in [1.54, 1.807) is 0 Å². The molecule has 0 bridgehead atoms. The molecule has 19 heavy (non-hydrogen) atoms. The van der Waals surface area contributed by atoms with Gasteiger partial charge in [0.05, 0.1) is 0 Å². The molecule has 0 unspecified atom stereocenters. The minimum Gasteiger partial charge on any atom is -0.388 e. The first-order chi connectivity index (χ1) is 8.74. The maximum atomic E-state index is 13.2. The summed E-state index contributed by atoms with van der Waals surface area (Å²) in [5, 5.41) is 17.5. The largest absolute Gasteiger partial charge is 0.388 e. The average Bonchev–Trinajstić information content (AvgIpc) is 2.72. The van der Waals surface area contributed by atoms with E-state index < -0.39 is 5.92 Å². The molecule has 2 rings (SSSR count). The van der Waals surface area contributed by atoms with Crippen molar-refractivity contribution in [3.8, 4) is 0 Å². The Morgan fingerprint density at radius 3 is 2.32 bits per heavy atom. The number of hydrogen-bond donors (Lipinski definition) is 1. The van der Waals surface area contributed by atoms with Gasteiger partial charge in [-0.25, -0.2) is 8.78 Å². The van der Waals surface area contributed by atoms with Crippen LogP contribution in [0.25, 0.3) is 0 Å². The number of aromatic nitrogens is 3. The number of aliphatic hydroxyl groups is 1. The van der Waals surface area contributed by atoms with Crippen LogP contribution in [0.2, 0.25) is 0 Å². The lowest BCUT2D eigenvalue weighted by molar-refractivity contribution is -0.0392. The Bertz CT molecular complexity index is 441. The van der Waals surface area contributed by atoms with Gasteiger partial charge < -0.3 is 9.67 Å². The molecular formula is C13H21F2N3O. The first-order valence-corrected chi connectivity index (χ1v) is 6.68. The molecule has 1 heterocycles. The summed E-state index contributed by atoms with van der Waals surface area (Å²) in [5.41, 5.74) is -0.267. The van der Waals surface area contributed by atoms with E-state index in [0.29, 0.717) is 18.7 Å². The molecule has 1 N–H and O–H groups in total. The van der Waals surface area contributed by atoms with E-state index in [0.717, 1.165) is 5.82 Å². The molecule has 1 saturated carbocycles. The standard InChI is InChI=1S/C13H21F2N3O/c1-12(2,3)18-10(8-19)16-17-11(18)9-4-6-13(14,15)7-5-9/h9,19H,4-8H2,1-3H3. The second kappa shape index (κ2) is 4.81. The van der Waals surface area contributed by atoms with Crippen molar-refractivity contribution in [2.24, 2.45) is 0 Å². The van der Waals surface area contributed by atoms with Crippen molar-refractivity contribution in [1.29, 1.82) is 0 Å². The summed E-state index contributed by atoms with van der Waals surface area (Å²) >= 11 is 0. The lowest BCUT2D eigenvalue weighted by atomic mass is 9.86. The Hall–Kier alpha value is -1.04. The van der Waals surface area contributed by atoms with Crippen LogP contribution in [0.3, 0.4) is 0 Å². The number of rotatable bonds is 2. The molecule has 1 aromatic rings. The molecule has 0 amide bonds. The molecule has 0 saturated heterocycles. The number of nitrogens with zero attached hydrogens (tertiary/aromatic N) is 3. The molecular weight excluding hydrogens is 252 g/mol. The predicted molar refractivity (Wildman–Crippen MR) is 67.1 cm³/mol. The van der Waals surface area contributed by atoms with Gasteiger partial charge in [-0.1, -0.05) is 0 Å². The maximum absolute atomic E-state index is 13.2. The third-order valence-electron chi connectivity index (χ3n) is 3.65. The fraction of sp³-hybridized carbons (Fsp3) is 0.846. The monoisotopic (exact) mass is 273 g/mol. The van der Waals surface area contributed by atoms with Gasteiger partial charge in [-0.2, -0.15) is 0 Å².